The molecule has 0 atom stereocenters. The summed E-state index contributed by atoms with van der Waals surface area (Å²) in [5, 5.41) is 8.99. The van der Waals surface area contributed by atoms with Crippen LogP contribution in [0, 0.1) is 6.92 Å². The molecule has 23 heavy (non-hydrogen) atoms. The summed E-state index contributed by atoms with van der Waals surface area (Å²) in [6, 6.07) is 12.1. The third kappa shape index (κ3) is 3.92. The fourth-order valence-corrected chi connectivity index (χ4v) is 3.05. The lowest BCUT2D eigenvalue weighted by atomic mass is 9.88. The number of carboxylic acid groups (broad SMARTS) is 1. The zero-order chi connectivity index (χ0) is 16.8. The SMILES string of the molecule is CCCc1c(OC(=O)O)ccc(-c2ccccc2C)c1CCC. The van der Waals surface area contributed by atoms with Crippen molar-refractivity contribution in [1.82, 2.24) is 0 Å². The first kappa shape index (κ1) is 17.1. The predicted octanol–water partition coefficient (Wildman–Crippen LogP) is 5.62. The smallest absolute Gasteiger partial charge is 0.449 e. The second-order valence-electron chi connectivity index (χ2n) is 5.75. The van der Waals surface area contributed by atoms with Gasteiger partial charge < -0.3 is 9.84 Å². The minimum Gasteiger partial charge on any atom is -0.449 e. The van der Waals surface area contributed by atoms with Crippen molar-refractivity contribution in [3.63, 3.8) is 0 Å². The van der Waals surface area contributed by atoms with Crippen LogP contribution >= 0.6 is 0 Å². The van der Waals surface area contributed by atoms with Crippen molar-refractivity contribution in [3.8, 4) is 16.9 Å². The van der Waals surface area contributed by atoms with Gasteiger partial charge in [-0.3, -0.25) is 0 Å². The average Bonchev–Trinajstić information content (AvgIpc) is 2.51. The highest BCUT2D eigenvalue weighted by Crippen LogP contribution is 2.35. The number of hydrogen-bond donors (Lipinski definition) is 1. The summed E-state index contributed by atoms with van der Waals surface area (Å²) >= 11 is 0. The van der Waals surface area contributed by atoms with Gasteiger partial charge in [0.25, 0.3) is 0 Å². The summed E-state index contributed by atoms with van der Waals surface area (Å²) in [6.45, 7) is 6.34. The molecule has 3 nitrogen and oxygen atoms in total. The Kier molecular flexibility index (Phi) is 5.80. The first-order chi connectivity index (χ1) is 11.1. The Bertz CT molecular complexity index is 689. The Hall–Kier alpha value is -2.29. The van der Waals surface area contributed by atoms with Gasteiger partial charge in [-0.1, -0.05) is 57.0 Å². The molecule has 0 aliphatic rings. The van der Waals surface area contributed by atoms with Gasteiger partial charge in [0.05, 0.1) is 0 Å². The highest BCUT2D eigenvalue weighted by Gasteiger charge is 2.17. The van der Waals surface area contributed by atoms with Crippen molar-refractivity contribution in [2.45, 2.75) is 46.5 Å². The number of carbonyl (C=O) groups is 1. The molecule has 0 aliphatic carbocycles. The molecule has 3 heteroatoms. The molecule has 122 valence electrons. The van der Waals surface area contributed by atoms with Crippen molar-refractivity contribution in [2.75, 3.05) is 0 Å². The van der Waals surface area contributed by atoms with Crippen LogP contribution in [0.3, 0.4) is 0 Å². The van der Waals surface area contributed by atoms with Crippen LogP contribution in [0.2, 0.25) is 0 Å². The number of ether oxygens (including phenoxy) is 1. The van der Waals surface area contributed by atoms with E-state index in [4.69, 9.17) is 9.84 Å². The molecule has 0 bridgehead atoms. The van der Waals surface area contributed by atoms with Gasteiger partial charge >= 0.3 is 6.16 Å². The van der Waals surface area contributed by atoms with Crippen LogP contribution in [-0.4, -0.2) is 11.3 Å². The maximum atomic E-state index is 11.0. The van der Waals surface area contributed by atoms with E-state index >= 15 is 0 Å². The van der Waals surface area contributed by atoms with E-state index in [-0.39, 0.29) is 0 Å². The number of aryl methyl sites for hydroxylation is 1. The quantitative estimate of drug-likeness (QED) is 0.556. The lowest BCUT2D eigenvalue weighted by Gasteiger charge is -2.18. The number of benzene rings is 2. The Labute approximate surface area is 137 Å². The van der Waals surface area contributed by atoms with Gasteiger partial charge in [-0.05, 0) is 53.6 Å². The standard InChI is InChI=1S/C20H24O3/c1-4-8-16-17(15-11-7-6-10-14(15)3)12-13-19(23-20(21)22)18(16)9-5-2/h6-7,10-13H,4-5,8-9H2,1-3H3,(H,21,22). The van der Waals surface area contributed by atoms with E-state index in [1.54, 1.807) is 6.07 Å². The van der Waals surface area contributed by atoms with E-state index < -0.39 is 6.16 Å². The average molecular weight is 312 g/mol. The predicted molar refractivity (Wildman–Crippen MR) is 93.3 cm³/mol. The van der Waals surface area contributed by atoms with Crippen LogP contribution in [0.5, 0.6) is 5.75 Å². The van der Waals surface area contributed by atoms with Crippen molar-refractivity contribution in [2.24, 2.45) is 0 Å². The largest absolute Gasteiger partial charge is 0.511 e. The summed E-state index contributed by atoms with van der Waals surface area (Å²) in [4.78, 5) is 11.0. The van der Waals surface area contributed by atoms with Gasteiger partial charge in [0, 0.05) is 0 Å². The molecule has 0 saturated carbocycles. The Morgan fingerprint density at radius 3 is 2.22 bits per heavy atom. The molecule has 0 saturated heterocycles. The lowest BCUT2D eigenvalue weighted by Crippen LogP contribution is -2.08. The Balaban J connectivity index is 2.65. The maximum absolute atomic E-state index is 11.0. The second kappa shape index (κ2) is 7.82. The second-order valence-corrected chi connectivity index (χ2v) is 5.75. The molecule has 0 heterocycles. The molecule has 1 N–H and O–H groups in total. The Morgan fingerprint density at radius 2 is 1.61 bits per heavy atom. The van der Waals surface area contributed by atoms with Crippen molar-refractivity contribution in [1.29, 1.82) is 0 Å². The molecule has 0 amide bonds. The molecule has 0 fully saturated rings. The van der Waals surface area contributed by atoms with E-state index in [1.165, 1.54) is 22.3 Å². The van der Waals surface area contributed by atoms with Crippen LogP contribution in [0.4, 0.5) is 4.79 Å². The monoisotopic (exact) mass is 312 g/mol. The minimum absolute atomic E-state index is 0.472. The molecular weight excluding hydrogens is 288 g/mol. The molecule has 2 aromatic rings. The van der Waals surface area contributed by atoms with Gasteiger partial charge in [0.15, 0.2) is 0 Å². The summed E-state index contributed by atoms with van der Waals surface area (Å²) in [5.41, 5.74) is 5.85. The molecule has 0 radical (unpaired) electrons. The fourth-order valence-electron chi connectivity index (χ4n) is 3.05. The van der Waals surface area contributed by atoms with Gasteiger partial charge in [-0.2, -0.15) is 0 Å². The lowest BCUT2D eigenvalue weighted by molar-refractivity contribution is 0.144. The van der Waals surface area contributed by atoms with Crippen LogP contribution in [0.25, 0.3) is 11.1 Å². The van der Waals surface area contributed by atoms with E-state index in [0.717, 1.165) is 31.2 Å². The van der Waals surface area contributed by atoms with Gasteiger partial charge in [0.1, 0.15) is 5.75 Å². The summed E-state index contributed by atoms with van der Waals surface area (Å²) in [7, 11) is 0. The molecule has 2 rings (SSSR count). The number of hydrogen-bond acceptors (Lipinski definition) is 2. The molecule has 0 aromatic heterocycles. The van der Waals surface area contributed by atoms with Crippen molar-refractivity contribution in [3.05, 3.63) is 53.1 Å². The summed E-state index contributed by atoms with van der Waals surface area (Å²) < 4.78 is 5.02. The molecular formula is C20H24O3. The van der Waals surface area contributed by atoms with E-state index in [9.17, 15) is 4.79 Å². The zero-order valence-electron chi connectivity index (χ0n) is 14.1. The third-order valence-corrected chi connectivity index (χ3v) is 4.02. The van der Waals surface area contributed by atoms with Crippen molar-refractivity contribution >= 4 is 6.16 Å². The van der Waals surface area contributed by atoms with Crippen LogP contribution in [-0.2, 0) is 12.8 Å². The molecule has 2 aromatic carbocycles. The molecule has 0 aliphatic heterocycles. The van der Waals surface area contributed by atoms with Crippen molar-refractivity contribution < 1.29 is 14.6 Å². The first-order valence-corrected chi connectivity index (χ1v) is 8.20. The summed E-state index contributed by atoms with van der Waals surface area (Å²) in [6.07, 6.45) is 2.43. The van der Waals surface area contributed by atoms with Crippen LogP contribution in [0.15, 0.2) is 36.4 Å². The van der Waals surface area contributed by atoms with E-state index in [0.29, 0.717) is 5.75 Å². The van der Waals surface area contributed by atoms with Crippen LogP contribution < -0.4 is 4.74 Å². The van der Waals surface area contributed by atoms with Gasteiger partial charge in [0.2, 0.25) is 0 Å². The fraction of sp³-hybridized carbons (Fsp3) is 0.350. The highest BCUT2D eigenvalue weighted by molar-refractivity contribution is 5.74. The van der Waals surface area contributed by atoms with Crippen LogP contribution in [0.1, 0.15) is 43.4 Å². The molecule has 0 spiro atoms. The number of rotatable bonds is 6. The third-order valence-electron chi connectivity index (χ3n) is 4.02. The normalized spacial score (nSPS) is 10.6. The summed E-state index contributed by atoms with van der Waals surface area (Å²) in [5.74, 6) is 0.472. The maximum Gasteiger partial charge on any atom is 0.511 e. The first-order valence-electron chi connectivity index (χ1n) is 8.20. The topological polar surface area (TPSA) is 46.5 Å². The van der Waals surface area contributed by atoms with Gasteiger partial charge in [-0.25, -0.2) is 4.79 Å². The van der Waals surface area contributed by atoms with E-state index in [1.807, 2.05) is 18.2 Å². The zero-order valence-corrected chi connectivity index (χ0v) is 14.1. The Morgan fingerprint density at radius 1 is 0.957 bits per heavy atom. The van der Waals surface area contributed by atoms with E-state index in [2.05, 4.69) is 32.9 Å². The molecule has 0 unspecified atom stereocenters. The van der Waals surface area contributed by atoms with Gasteiger partial charge in [-0.15, -0.1) is 0 Å². The minimum atomic E-state index is -1.26. The highest BCUT2D eigenvalue weighted by atomic mass is 16.7.